The number of nitrogens with zero attached hydrogens (tertiary/aromatic N) is 1. The maximum atomic E-state index is 12.9. The van der Waals surface area contributed by atoms with Gasteiger partial charge in [-0.3, -0.25) is 4.79 Å². The van der Waals surface area contributed by atoms with Gasteiger partial charge in [0.25, 0.3) is 5.91 Å². The molecule has 3 aromatic carbocycles. The van der Waals surface area contributed by atoms with E-state index in [2.05, 4.69) is 32.4 Å². The summed E-state index contributed by atoms with van der Waals surface area (Å²) in [6.07, 6.45) is 2.81. The van der Waals surface area contributed by atoms with Crippen LogP contribution in [0, 0.1) is 0 Å². The predicted molar refractivity (Wildman–Crippen MR) is 126 cm³/mol. The lowest BCUT2D eigenvalue weighted by atomic mass is 10.1. The molecule has 0 fully saturated rings. The lowest BCUT2D eigenvalue weighted by molar-refractivity contribution is 0.0953. The molecule has 0 unspecified atom stereocenters. The fraction of sp³-hybridized carbons (Fsp3) is 0.120. The van der Waals surface area contributed by atoms with Crippen molar-refractivity contribution in [1.82, 2.24) is 20.3 Å². The maximum absolute atomic E-state index is 12.9. The Morgan fingerprint density at radius 1 is 0.903 bits per heavy atom. The fourth-order valence-electron chi connectivity index (χ4n) is 3.76. The normalized spacial score (nSPS) is 11.2. The molecule has 31 heavy (non-hydrogen) atoms. The van der Waals surface area contributed by atoms with Gasteiger partial charge in [-0.25, -0.2) is 4.98 Å². The van der Waals surface area contributed by atoms with E-state index in [1.54, 1.807) is 11.8 Å². The summed E-state index contributed by atoms with van der Waals surface area (Å²) in [6.45, 7) is 0.589. The number of benzene rings is 3. The number of thioether (sulfide) groups is 1. The summed E-state index contributed by atoms with van der Waals surface area (Å²) in [6, 6.07) is 24.0. The third kappa shape index (κ3) is 4.20. The van der Waals surface area contributed by atoms with E-state index in [0.717, 1.165) is 33.7 Å². The van der Waals surface area contributed by atoms with Crippen molar-refractivity contribution in [3.8, 4) is 0 Å². The van der Waals surface area contributed by atoms with Crippen molar-refractivity contribution in [2.45, 2.75) is 17.3 Å². The highest BCUT2D eigenvalue weighted by Gasteiger charge is 2.12. The first-order valence-electron chi connectivity index (χ1n) is 10.3. The van der Waals surface area contributed by atoms with E-state index in [4.69, 9.17) is 0 Å². The van der Waals surface area contributed by atoms with Crippen LogP contribution in [0.3, 0.4) is 0 Å². The smallest absolute Gasteiger partial charge is 0.251 e. The SMILES string of the molecule is O=C(NCCc1c[nH]c2ccccc12)c1ccccc1CSc1nc2ccccc2[nH]1. The van der Waals surface area contributed by atoms with Gasteiger partial charge in [-0.15, -0.1) is 0 Å². The van der Waals surface area contributed by atoms with E-state index in [0.29, 0.717) is 17.9 Å². The maximum Gasteiger partial charge on any atom is 0.251 e. The Kier molecular flexibility index (Phi) is 5.46. The molecule has 6 heteroatoms. The molecular formula is C25H22N4OS. The summed E-state index contributed by atoms with van der Waals surface area (Å²) in [7, 11) is 0. The number of imidazole rings is 1. The monoisotopic (exact) mass is 426 g/mol. The molecule has 5 aromatic rings. The summed E-state index contributed by atoms with van der Waals surface area (Å²) >= 11 is 1.60. The van der Waals surface area contributed by atoms with Crippen LogP contribution in [0.1, 0.15) is 21.5 Å². The summed E-state index contributed by atoms with van der Waals surface area (Å²) < 4.78 is 0. The Morgan fingerprint density at radius 3 is 2.58 bits per heavy atom. The van der Waals surface area contributed by atoms with E-state index < -0.39 is 0 Å². The molecule has 5 nitrogen and oxygen atoms in total. The summed E-state index contributed by atoms with van der Waals surface area (Å²) in [4.78, 5) is 24.1. The number of carbonyl (C=O) groups is 1. The second kappa shape index (κ2) is 8.70. The number of rotatable bonds is 7. The molecule has 2 heterocycles. The lowest BCUT2D eigenvalue weighted by Gasteiger charge is -2.09. The predicted octanol–water partition coefficient (Wildman–Crippen LogP) is 5.31. The average molecular weight is 427 g/mol. The highest BCUT2D eigenvalue weighted by atomic mass is 32.2. The van der Waals surface area contributed by atoms with Crippen molar-refractivity contribution in [3.05, 3.63) is 95.7 Å². The Balaban J connectivity index is 1.23. The summed E-state index contributed by atoms with van der Waals surface area (Å²) in [5.41, 5.74) is 6.02. The highest BCUT2D eigenvalue weighted by Crippen LogP contribution is 2.24. The van der Waals surface area contributed by atoms with Crippen LogP contribution in [-0.4, -0.2) is 27.4 Å². The molecule has 0 aliphatic carbocycles. The number of hydrogen-bond acceptors (Lipinski definition) is 3. The van der Waals surface area contributed by atoms with Crippen molar-refractivity contribution in [2.75, 3.05) is 6.54 Å². The van der Waals surface area contributed by atoms with Gasteiger partial charge < -0.3 is 15.3 Å². The molecule has 0 saturated heterocycles. The Hall–Kier alpha value is -3.51. The van der Waals surface area contributed by atoms with Gasteiger partial charge >= 0.3 is 0 Å². The number of amides is 1. The van der Waals surface area contributed by atoms with Crippen LogP contribution in [0.2, 0.25) is 0 Å². The second-order valence-corrected chi connectivity index (χ2v) is 8.33. The van der Waals surface area contributed by atoms with Crippen LogP contribution < -0.4 is 5.32 Å². The van der Waals surface area contributed by atoms with Gasteiger partial charge in [-0.1, -0.05) is 60.3 Å². The first-order chi connectivity index (χ1) is 15.3. The first kappa shape index (κ1) is 19.5. The minimum absolute atomic E-state index is 0.0411. The van der Waals surface area contributed by atoms with Crippen molar-refractivity contribution in [2.24, 2.45) is 0 Å². The van der Waals surface area contributed by atoms with Crippen LogP contribution in [0.15, 0.2) is 84.1 Å². The summed E-state index contributed by atoms with van der Waals surface area (Å²) in [5, 5.41) is 5.14. The van der Waals surface area contributed by atoms with Gasteiger partial charge in [0.2, 0.25) is 0 Å². The number of para-hydroxylation sites is 3. The Morgan fingerprint density at radius 2 is 1.68 bits per heavy atom. The lowest BCUT2D eigenvalue weighted by Crippen LogP contribution is -2.26. The average Bonchev–Trinajstić information content (AvgIpc) is 3.42. The molecule has 0 saturated carbocycles. The third-order valence-corrected chi connectivity index (χ3v) is 6.27. The van der Waals surface area contributed by atoms with Crippen LogP contribution >= 0.6 is 11.8 Å². The second-order valence-electron chi connectivity index (χ2n) is 7.37. The molecule has 1 amide bonds. The zero-order valence-electron chi connectivity index (χ0n) is 16.9. The quantitative estimate of drug-likeness (QED) is 0.309. The van der Waals surface area contributed by atoms with Gasteiger partial charge in [0.15, 0.2) is 5.16 Å². The third-order valence-electron chi connectivity index (χ3n) is 5.35. The van der Waals surface area contributed by atoms with Crippen LogP contribution in [-0.2, 0) is 12.2 Å². The molecule has 0 spiro atoms. The molecular weight excluding hydrogens is 404 g/mol. The standard InChI is InChI=1S/C25H22N4OS/c30-24(26-14-13-17-15-27-21-10-4-3-8-19(17)21)20-9-2-1-7-18(20)16-31-25-28-22-11-5-6-12-23(22)29-25/h1-12,15,27H,13-14,16H2,(H,26,30)(H,28,29). The van der Waals surface area contributed by atoms with Crippen molar-refractivity contribution in [1.29, 1.82) is 0 Å². The van der Waals surface area contributed by atoms with Gasteiger partial charge in [0, 0.05) is 35.0 Å². The molecule has 5 rings (SSSR count). The molecule has 0 aliphatic heterocycles. The first-order valence-corrected chi connectivity index (χ1v) is 11.2. The largest absolute Gasteiger partial charge is 0.361 e. The van der Waals surface area contributed by atoms with E-state index >= 15 is 0 Å². The molecule has 3 N–H and O–H groups in total. The number of hydrogen-bond donors (Lipinski definition) is 3. The van der Waals surface area contributed by atoms with E-state index in [1.165, 1.54) is 10.9 Å². The summed E-state index contributed by atoms with van der Waals surface area (Å²) in [5.74, 6) is 0.631. The van der Waals surface area contributed by atoms with Crippen molar-refractivity contribution < 1.29 is 4.79 Å². The van der Waals surface area contributed by atoms with Crippen molar-refractivity contribution >= 4 is 39.6 Å². The fourth-order valence-corrected chi connectivity index (χ4v) is 4.64. The van der Waals surface area contributed by atoms with E-state index in [-0.39, 0.29) is 5.91 Å². The minimum Gasteiger partial charge on any atom is -0.361 e. The zero-order valence-corrected chi connectivity index (χ0v) is 17.7. The van der Waals surface area contributed by atoms with Crippen molar-refractivity contribution in [3.63, 3.8) is 0 Å². The van der Waals surface area contributed by atoms with Crippen LogP contribution in [0.5, 0.6) is 0 Å². The number of aromatic nitrogens is 3. The molecule has 0 aliphatic rings. The van der Waals surface area contributed by atoms with Crippen LogP contribution in [0.4, 0.5) is 0 Å². The van der Waals surface area contributed by atoms with Gasteiger partial charge in [0.1, 0.15) is 0 Å². The van der Waals surface area contributed by atoms with Gasteiger partial charge in [-0.05, 0) is 41.8 Å². The van der Waals surface area contributed by atoms with Crippen LogP contribution in [0.25, 0.3) is 21.9 Å². The molecule has 0 atom stereocenters. The van der Waals surface area contributed by atoms with E-state index in [9.17, 15) is 4.79 Å². The zero-order chi connectivity index (χ0) is 21.0. The number of carbonyl (C=O) groups excluding carboxylic acids is 1. The molecule has 0 radical (unpaired) electrons. The Bertz CT molecular complexity index is 1320. The molecule has 0 bridgehead atoms. The number of H-pyrrole nitrogens is 2. The molecule has 154 valence electrons. The van der Waals surface area contributed by atoms with E-state index in [1.807, 2.05) is 66.9 Å². The Labute approximate surface area is 184 Å². The number of nitrogens with one attached hydrogen (secondary N) is 3. The van der Waals surface area contributed by atoms with Gasteiger partial charge in [0.05, 0.1) is 11.0 Å². The topological polar surface area (TPSA) is 73.6 Å². The molecule has 2 aromatic heterocycles. The minimum atomic E-state index is -0.0411. The van der Waals surface area contributed by atoms with Gasteiger partial charge in [-0.2, -0.15) is 0 Å². The number of aromatic amines is 2. The highest BCUT2D eigenvalue weighted by molar-refractivity contribution is 7.98. The number of fused-ring (bicyclic) bond motifs is 2.